The van der Waals surface area contributed by atoms with Gasteiger partial charge in [-0.3, -0.25) is 0 Å². The fourth-order valence-corrected chi connectivity index (χ4v) is 2.52. The highest BCUT2D eigenvalue weighted by atomic mass is 19.1. The van der Waals surface area contributed by atoms with E-state index in [0.717, 1.165) is 30.6 Å². The number of nitrogens with two attached hydrogens (primary N) is 1. The van der Waals surface area contributed by atoms with E-state index in [-0.39, 0.29) is 17.8 Å². The van der Waals surface area contributed by atoms with E-state index in [1.165, 1.54) is 6.07 Å². The second-order valence-corrected chi connectivity index (χ2v) is 4.46. The van der Waals surface area contributed by atoms with Gasteiger partial charge in [0, 0.05) is 12.0 Å². The lowest BCUT2D eigenvalue weighted by Crippen LogP contribution is -2.23. The van der Waals surface area contributed by atoms with Gasteiger partial charge in [0.1, 0.15) is 11.3 Å². The Morgan fingerprint density at radius 2 is 2.25 bits per heavy atom. The van der Waals surface area contributed by atoms with Crippen LogP contribution in [0.1, 0.15) is 31.0 Å². The molecule has 0 bridgehead atoms. The van der Waals surface area contributed by atoms with Gasteiger partial charge in [0.25, 0.3) is 0 Å². The van der Waals surface area contributed by atoms with E-state index in [2.05, 4.69) is 9.97 Å². The lowest BCUT2D eigenvalue weighted by molar-refractivity contribution is 0.587. The summed E-state index contributed by atoms with van der Waals surface area (Å²) in [6.45, 7) is 0. The van der Waals surface area contributed by atoms with Crippen molar-refractivity contribution in [3.05, 3.63) is 29.8 Å². The van der Waals surface area contributed by atoms with Gasteiger partial charge < -0.3 is 10.7 Å². The molecule has 1 heterocycles. The van der Waals surface area contributed by atoms with Crippen LogP contribution in [0.3, 0.4) is 0 Å². The van der Waals surface area contributed by atoms with Crippen LogP contribution in [0.25, 0.3) is 11.0 Å². The fraction of sp³-hybridized carbons (Fsp3) is 0.417. The number of benzene rings is 1. The third kappa shape index (κ3) is 1.41. The van der Waals surface area contributed by atoms with Gasteiger partial charge in [-0.05, 0) is 25.0 Å². The van der Waals surface area contributed by atoms with Gasteiger partial charge in [0.05, 0.1) is 5.52 Å². The molecular weight excluding hydrogens is 205 g/mol. The van der Waals surface area contributed by atoms with Gasteiger partial charge in [-0.25, -0.2) is 9.37 Å². The minimum atomic E-state index is -0.272. The summed E-state index contributed by atoms with van der Waals surface area (Å²) in [6, 6.07) is 5.12. The lowest BCUT2D eigenvalue weighted by atomic mass is 10.0. The normalized spacial score (nSPS) is 25.4. The van der Waals surface area contributed by atoms with Crippen molar-refractivity contribution in [2.24, 2.45) is 5.73 Å². The molecule has 84 valence electrons. The Bertz CT molecular complexity index is 520. The van der Waals surface area contributed by atoms with Gasteiger partial charge in [-0.2, -0.15) is 0 Å². The molecule has 0 saturated heterocycles. The van der Waals surface area contributed by atoms with Gasteiger partial charge in [0.15, 0.2) is 5.82 Å². The molecule has 3 N–H and O–H groups in total. The zero-order chi connectivity index (χ0) is 11.1. The number of halogens is 1. The van der Waals surface area contributed by atoms with Crippen LogP contribution in [-0.4, -0.2) is 16.0 Å². The minimum Gasteiger partial charge on any atom is -0.342 e. The van der Waals surface area contributed by atoms with E-state index in [1.54, 1.807) is 6.07 Å². The van der Waals surface area contributed by atoms with E-state index in [4.69, 9.17) is 5.73 Å². The molecule has 2 atom stereocenters. The number of imidazole rings is 1. The number of hydrogen-bond donors (Lipinski definition) is 2. The van der Waals surface area contributed by atoms with Crippen molar-refractivity contribution in [1.29, 1.82) is 0 Å². The van der Waals surface area contributed by atoms with Crippen molar-refractivity contribution in [2.75, 3.05) is 0 Å². The molecule has 1 aliphatic carbocycles. The number of rotatable bonds is 1. The van der Waals surface area contributed by atoms with Crippen LogP contribution in [0.5, 0.6) is 0 Å². The molecule has 3 nitrogen and oxygen atoms in total. The van der Waals surface area contributed by atoms with E-state index >= 15 is 0 Å². The predicted molar refractivity (Wildman–Crippen MR) is 60.6 cm³/mol. The molecule has 0 radical (unpaired) electrons. The van der Waals surface area contributed by atoms with Crippen LogP contribution in [0.2, 0.25) is 0 Å². The number of aromatic nitrogens is 2. The number of para-hydroxylation sites is 1. The Labute approximate surface area is 92.9 Å². The Morgan fingerprint density at radius 3 is 2.94 bits per heavy atom. The van der Waals surface area contributed by atoms with Crippen molar-refractivity contribution >= 4 is 11.0 Å². The summed E-state index contributed by atoms with van der Waals surface area (Å²) in [5.41, 5.74) is 7.20. The van der Waals surface area contributed by atoms with Crippen molar-refractivity contribution < 1.29 is 4.39 Å². The summed E-state index contributed by atoms with van der Waals surface area (Å²) >= 11 is 0. The summed E-state index contributed by atoms with van der Waals surface area (Å²) in [7, 11) is 0. The maximum Gasteiger partial charge on any atom is 0.151 e. The zero-order valence-electron chi connectivity index (χ0n) is 8.91. The molecule has 1 saturated carbocycles. The first-order chi connectivity index (χ1) is 7.75. The van der Waals surface area contributed by atoms with Crippen LogP contribution >= 0.6 is 0 Å². The van der Waals surface area contributed by atoms with Crippen LogP contribution in [-0.2, 0) is 0 Å². The molecular formula is C12H14FN3. The van der Waals surface area contributed by atoms with Gasteiger partial charge in [-0.15, -0.1) is 0 Å². The van der Waals surface area contributed by atoms with Crippen LogP contribution < -0.4 is 5.73 Å². The molecule has 1 aromatic carbocycles. The SMILES string of the molecule is NC1CCCC1c1nc2c(F)cccc2[nH]1. The Morgan fingerprint density at radius 1 is 1.38 bits per heavy atom. The predicted octanol–water partition coefficient (Wildman–Crippen LogP) is 2.30. The molecule has 2 unspecified atom stereocenters. The first-order valence-electron chi connectivity index (χ1n) is 5.65. The Hall–Kier alpha value is -1.42. The maximum absolute atomic E-state index is 13.5. The first-order valence-corrected chi connectivity index (χ1v) is 5.65. The third-order valence-corrected chi connectivity index (χ3v) is 3.40. The summed E-state index contributed by atoms with van der Waals surface area (Å²) in [5, 5.41) is 0. The average Bonchev–Trinajstić information content (AvgIpc) is 2.84. The van der Waals surface area contributed by atoms with Crippen LogP contribution in [0, 0.1) is 5.82 Å². The molecule has 1 fully saturated rings. The summed E-state index contributed by atoms with van der Waals surface area (Å²) < 4.78 is 13.5. The van der Waals surface area contributed by atoms with Crippen molar-refractivity contribution in [2.45, 2.75) is 31.2 Å². The van der Waals surface area contributed by atoms with Gasteiger partial charge in [0.2, 0.25) is 0 Å². The smallest absolute Gasteiger partial charge is 0.151 e. The number of nitrogens with one attached hydrogen (secondary N) is 1. The lowest BCUT2D eigenvalue weighted by Gasteiger charge is -2.11. The molecule has 1 aromatic heterocycles. The molecule has 3 rings (SSSR count). The standard InChI is InChI=1S/C12H14FN3/c13-8-4-2-6-10-11(8)16-12(15-10)7-3-1-5-9(7)14/h2,4,6-7,9H,1,3,5,14H2,(H,15,16). The second-order valence-electron chi connectivity index (χ2n) is 4.46. The van der Waals surface area contributed by atoms with Crippen molar-refractivity contribution in [1.82, 2.24) is 9.97 Å². The minimum absolute atomic E-state index is 0.156. The van der Waals surface area contributed by atoms with Gasteiger partial charge in [-0.1, -0.05) is 12.5 Å². The van der Waals surface area contributed by atoms with E-state index in [9.17, 15) is 4.39 Å². The van der Waals surface area contributed by atoms with E-state index in [0.29, 0.717) is 5.52 Å². The molecule has 4 heteroatoms. The quantitative estimate of drug-likeness (QED) is 0.773. The number of hydrogen-bond acceptors (Lipinski definition) is 2. The summed E-state index contributed by atoms with van der Waals surface area (Å²) in [4.78, 5) is 7.51. The van der Waals surface area contributed by atoms with Crippen LogP contribution in [0.4, 0.5) is 4.39 Å². The zero-order valence-corrected chi connectivity index (χ0v) is 8.91. The largest absolute Gasteiger partial charge is 0.342 e. The molecule has 16 heavy (non-hydrogen) atoms. The number of fused-ring (bicyclic) bond motifs is 1. The van der Waals surface area contributed by atoms with E-state index < -0.39 is 0 Å². The molecule has 0 spiro atoms. The molecule has 1 aliphatic rings. The second kappa shape index (κ2) is 3.56. The number of nitrogens with zero attached hydrogens (tertiary/aromatic N) is 1. The highest BCUT2D eigenvalue weighted by Crippen LogP contribution is 2.32. The highest BCUT2D eigenvalue weighted by Gasteiger charge is 2.28. The van der Waals surface area contributed by atoms with Crippen LogP contribution in [0.15, 0.2) is 18.2 Å². The highest BCUT2D eigenvalue weighted by molar-refractivity contribution is 5.75. The molecule has 0 aliphatic heterocycles. The number of aromatic amines is 1. The Kier molecular flexibility index (Phi) is 2.17. The average molecular weight is 219 g/mol. The Balaban J connectivity index is 2.08. The maximum atomic E-state index is 13.5. The monoisotopic (exact) mass is 219 g/mol. The third-order valence-electron chi connectivity index (χ3n) is 3.40. The molecule has 2 aromatic rings. The van der Waals surface area contributed by atoms with Crippen molar-refractivity contribution in [3.8, 4) is 0 Å². The first kappa shape index (κ1) is 9.78. The fourth-order valence-electron chi connectivity index (χ4n) is 2.52. The van der Waals surface area contributed by atoms with Crippen molar-refractivity contribution in [3.63, 3.8) is 0 Å². The summed E-state index contributed by atoms with van der Waals surface area (Å²) in [5.74, 6) is 0.823. The van der Waals surface area contributed by atoms with E-state index in [1.807, 2.05) is 6.07 Å². The van der Waals surface area contributed by atoms with Gasteiger partial charge >= 0.3 is 0 Å². The number of H-pyrrole nitrogens is 1. The topological polar surface area (TPSA) is 54.7 Å². The summed E-state index contributed by atoms with van der Waals surface area (Å²) in [6.07, 6.45) is 3.21. The molecule has 0 amide bonds.